The summed E-state index contributed by atoms with van der Waals surface area (Å²) in [6.07, 6.45) is 20.6. The Kier molecular flexibility index (Phi) is 9.31. The molecule has 7 aromatic rings. The van der Waals surface area contributed by atoms with Crippen molar-refractivity contribution in [1.82, 2.24) is 0 Å². The molecule has 2 aliphatic carbocycles. The van der Waals surface area contributed by atoms with Crippen LogP contribution in [0.15, 0.2) is 140 Å². The van der Waals surface area contributed by atoms with Crippen LogP contribution in [-0.4, -0.2) is 0 Å². The molecule has 0 spiro atoms. The highest BCUT2D eigenvalue weighted by molar-refractivity contribution is 6.07. The fraction of sp³-hybridized carbons (Fsp3) is 0.154. The molecule has 0 saturated carbocycles. The third-order valence-corrected chi connectivity index (χ3v) is 10.8. The van der Waals surface area contributed by atoms with E-state index in [-0.39, 0.29) is 0 Å². The van der Waals surface area contributed by atoms with Crippen LogP contribution >= 0.6 is 0 Å². The zero-order chi connectivity index (χ0) is 35.6. The molecule has 0 amide bonds. The van der Waals surface area contributed by atoms with Gasteiger partial charge < -0.3 is 0 Å². The summed E-state index contributed by atoms with van der Waals surface area (Å²) in [5.74, 6) is 0. The van der Waals surface area contributed by atoms with Gasteiger partial charge in [-0.25, -0.2) is 0 Å². The molecule has 0 aromatic heterocycles. The van der Waals surface area contributed by atoms with Gasteiger partial charge >= 0.3 is 0 Å². The standard InChI is InChI=1S/C50H40.C2H6/c1-3-45-46(4-2)50(48-17-11-10-16-47(48)49(45)43-26-18-34-14-8-9-15-35(34)31-43)44-27-25-41-30-40(23-24-42(41)32-44)39-22-21-37-28-36(19-20-38(37)29-39)33-12-6-5-7-13-33;1-2/h3-4,6,9-13,15-32H,5,7-8,14H2,1-2H3;1-2H3/b45-3+,46-4+;. The molecule has 0 saturated heterocycles. The van der Waals surface area contributed by atoms with Gasteiger partial charge in [0.25, 0.3) is 0 Å². The molecule has 2 aliphatic rings. The molecule has 0 N–H and O–H groups in total. The molecular weight excluding hydrogens is 625 g/mol. The molecule has 0 heteroatoms. The maximum Gasteiger partial charge on any atom is -0.00296 e. The van der Waals surface area contributed by atoms with Gasteiger partial charge in [-0.2, -0.15) is 0 Å². The Morgan fingerprint density at radius 1 is 0.462 bits per heavy atom. The lowest BCUT2D eigenvalue weighted by molar-refractivity contribution is 0.986. The highest BCUT2D eigenvalue weighted by atomic mass is 14.2. The number of hydrogen-bond donors (Lipinski definition) is 0. The molecule has 52 heavy (non-hydrogen) atoms. The van der Waals surface area contributed by atoms with Crippen LogP contribution in [0.2, 0.25) is 0 Å². The second kappa shape index (κ2) is 14.5. The number of allylic oxidation sites excluding steroid dienone is 5. The Labute approximate surface area is 308 Å². The van der Waals surface area contributed by atoms with Crippen molar-refractivity contribution in [3.63, 3.8) is 0 Å². The first-order valence-electron chi connectivity index (χ1n) is 19.1. The van der Waals surface area contributed by atoms with Gasteiger partial charge in [0.05, 0.1) is 0 Å². The molecule has 0 radical (unpaired) electrons. The highest BCUT2D eigenvalue weighted by Gasteiger charge is 2.16. The van der Waals surface area contributed by atoms with E-state index in [1.807, 2.05) is 13.8 Å². The van der Waals surface area contributed by atoms with Crippen molar-refractivity contribution in [3.8, 4) is 33.4 Å². The van der Waals surface area contributed by atoms with Crippen molar-refractivity contribution in [2.45, 2.75) is 53.4 Å². The summed E-state index contributed by atoms with van der Waals surface area (Å²) in [7, 11) is 0. The van der Waals surface area contributed by atoms with Crippen molar-refractivity contribution in [2.75, 3.05) is 0 Å². The molecule has 254 valence electrons. The van der Waals surface area contributed by atoms with Crippen molar-refractivity contribution in [1.29, 1.82) is 0 Å². The molecule has 0 fully saturated rings. The fourth-order valence-corrected chi connectivity index (χ4v) is 8.30. The van der Waals surface area contributed by atoms with E-state index in [0.717, 1.165) is 25.7 Å². The van der Waals surface area contributed by atoms with Gasteiger partial charge in [0, 0.05) is 0 Å². The maximum atomic E-state index is 2.40. The van der Waals surface area contributed by atoms with Crippen molar-refractivity contribution >= 4 is 56.1 Å². The van der Waals surface area contributed by atoms with Crippen LogP contribution in [0.5, 0.6) is 0 Å². The third-order valence-electron chi connectivity index (χ3n) is 10.8. The molecule has 0 nitrogen and oxygen atoms in total. The Balaban J connectivity index is 0.00000190. The van der Waals surface area contributed by atoms with Crippen molar-refractivity contribution < 1.29 is 0 Å². The van der Waals surface area contributed by atoms with Crippen LogP contribution in [0.25, 0.3) is 89.5 Å². The van der Waals surface area contributed by atoms with Gasteiger partial charge in [-0.15, -0.1) is 0 Å². The Morgan fingerprint density at radius 3 is 1.54 bits per heavy atom. The average Bonchev–Trinajstić information content (AvgIpc) is 3.22. The Bertz CT molecular complexity index is 2710. The minimum Gasteiger partial charge on any atom is -0.0836 e. The Morgan fingerprint density at radius 2 is 0.962 bits per heavy atom. The summed E-state index contributed by atoms with van der Waals surface area (Å²) in [5, 5.41) is 10.2. The lowest BCUT2D eigenvalue weighted by atomic mass is 9.86. The SMILES string of the molecule is C/C=c1/c(-c2ccc3c(c2)C=CCC3)c2ccccc2c(-c2ccc3cc(-c4ccc5cc(C6=CCCC=C6)ccc5c4)ccc3c2)/c1=C/C.CC. The van der Waals surface area contributed by atoms with Crippen LogP contribution in [-0.2, 0) is 6.42 Å². The fourth-order valence-electron chi connectivity index (χ4n) is 8.30. The van der Waals surface area contributed by atoms with E-state index in [0.29, 0.717) is 0 Å². The lowest BCUT2D eigenvalue weighted by Gasteiger charge is -2.18. The predicted molar refractivity (Wildman–Crippen MR) is 230 cm³/mol. The summed E-state index contributed by atoms with van der Waals surface area (Å²) >= 11 is 0. The van der Waals surface area contributed by atoms with E-state index in [1.165, 1.54) is 98.4 Å². The van der Waals surface area contributed by atoms with E-state index in [4.69, 9.17) is 0 Å². The molecule has 0 aliphatic heterocycles. The summed E-state index contributed by atoms with van der Waals surface area (Å²) in [5.41, 5.74) is 13.1. The lowest BCUT2D eigenvalue weighted by Crippen LogP contribution is -2.29. The molecule has 0 bridgehead atoms. The minimum atomic E-state index is 1.12. The summed E-state index contributed by atoms with van der Waals surface area (Å²) in [6, 6.07) is 43.7. The summed E-state index contributed by atoms with van der Waals surface area (Å²) in [6.45, 7) is 8.37. The second-order valence-electron chi connectivity index (χ2n) is 13.7. The smallest absolute Gasteiger partial charge is 0.00296 e. The van der Waals surface area contributed by atoms with Crippen LogP contribution in [0, 0.1) is 0 Å². The van der Waals surface area contributed by atoms with E-state index >= 15 is 0 Å². The maximum absolute atomic E-state index is 2.40. The molecule has 0 unspecified atom stereocenters. The van der Waals surface area contributed by atoms with E-state index in [2.05, 4.69) is 172 Å². The second-order valence-corrected chi connectivity index (χ2v) is 13.7. The molecule has 0 atom stereocenters. The van der Waals surface area contributed by atoms with Gasteiger partial charge in [0.15, 0.2) is 0 Å². The number of rotatable bonds is 4. The highest BCUT2D eigenvalue weighted by Crippen LogP contribution is 2.36. The molecular formula is C52H46. The predicted octanol–water partition coefficient (Wildman–Crippen LogP) is 13.5. The van der Waals surface area contributed by atoms with Crippen LogP contribution in [0.4, 0.5) is 0 Å². The van der Waals surface area contributed by atoms with Gasteiger partial charge in [0.1, 0.15) is 0 Å². The molecule has 0 heterocycles. The van der Waals surface area contributed by atoms with E-state index in [1.54, 1.807) is 0 Å². The first kappa shape index (κ1) is 33.4. The quantitative estimate of drug-likeness (QED) is 0.175. The summed E-state index contributed by atoms with van der Waals surface area (Å²) < 4.78 is 0. The number of benzene rings is 7. The first-order valence-corrected chi connectivity index (χ1v) is 19.1. The van der Waals surface area contributed by atoms with Crippen LogP contribution in [0.1, 0.15) is 63.6 Å². The zero-order valence-electron chi connectivity index (χ0n) is 30.8. The zero-order valence-corrected chi connectivity index (χ0v) is 30.8. The number of hydrogen-bond acceptors (Lipinski definition) is 0. The van der Waals surface area contributed by atoms with Gasteiger partial charge in [-0.05, 0) is 168 Å². The largest absolute Gasteiger partial charge is 0.0836 e. The Hall–Kier alpha value is -5.72. The summed E-state index contributed by atoms with van der Waals surface area (Å²) in [4.78, 5) is 0. The van der Waals surface area contributed by atoms with Gasteiger partial charge in [-0.3, -0.25) is 0 Å². The van der Waals surface area contributed by atoms with Gasteiger partial charge in [-0.1, -0.05) is 141 Å². The monoisotopic (exact) mass is 670 g/mol. The minimum absolute atomic E-state index is 1.12. The number of aryl methyl sites for hydroxylation is 1. The van der Waals surface area contributed by atoms with Gasteiger partial charge in [0.2, 0.25) is 0 Å². The van der Waals surface area contributed by atoms with Crippen LogP contribution < -0.4 is 10.4 Å². The van der Waals surface area contributed by atoms with Crippen molar-refractivity contribution in [2.24, 2.45) is 0 Å². The third kappa shape index (κ3) is 6.03. The molecule has 9 rings (SSSR count). The normalized spacial score (nSPS) is 14.4. The van der Waals surface area contributed by atoms with E-state index < -0.39 is 0 Å². The first-order chi connectivity index (χ1) is 25.7. The van der Waals surface area contributed by atoms with Crippen LogP contribution in [0.3, 0.4) is 0 Å². The topological polar surface area (TPSA) is 0 Å². The average molecular weight is 671 g/mol. The number of fused-ring (bicyclic) bond motifs is 4. The van der Waals surface area contributed by atoms with Crippen molar-refractivity contribution in [3.05, 3.63) is 167 Å². The van der Waals surface area contributed by atoms with E-state index in [9.17, 15) is 0 Å². The molecule has 7 aromatic carbocycles.